The fourth-order valence-electron chi connectivity index (χ4n) is 8.87. The van der Waals surface area contributed by atoms with Gasteiger partial charge < -0.3 is 14.2 Å². The molecule has 0 aromatic rings. The monoisotopic (exact) mass is 1120 g/mol. The third-order valence-corrected chi connectivity index (χ3v) is 13.8. The van der Waals surface area contributed by atoms with Gasteiger partial charge in [-0.2, -0.15) is 0 Å². The summed E-state index contributed by atoms with van der Waals surface area (Å²) in [5.41, 5.74) is 0. The number of allylic oxidation sites excluding steroid dienone is 24. The van der Waals surface area contributed by atoms with Gasteiger partial charge in [-0.05, 0) is 135 Å². The smallest absolute Gasteiger partial charge is 0.306 e. The Bertz CT molecular complexity index is 1760. The normalized spacial score (nSPS) is 13.1. The second kappa shape index (κ2) is 67.8. The molecule has 0 aliphatic heterocycles. The van der Waals surface area contributed by atoms with Gasteiger partial charge in [-0.15, -0.1) is 0 Å². The van der Waals surface area contributed by atoms with Gasteiger partial charge in [0.2, 0.25) is 0 Å². The summed E-state index contributed by atoms with van der Waals surface area (Å²) >= 11 is 0. The van der Waals surface area contributed by atoms with Crippen molar-refractivity contribution in [1.82, 2.24) is 0 Å². The minimum atomic E-state index is -0.799. The lowest BCUT2D eigenvalue weighted by atomic mass is 10.0. The van der Waals surface area contributed by atoms with Gasteiger partial charge in [-0.1, -0.05) is 282 Å². The molecule has 0 amide bonds. The number of esters is 3. The summed E-state index contributed by atoms with van der Waals surface area (Å²) in [5.74, 6) is -0.928. The summed E-state index contributed by atoms with van der Waals surface area (Å²) in [6.45, 7) is 6.35. The maximum absolute atomic E-state index is 12.9. The van der Waals surface area contributed by atoms with E-state index in [2.05, 4.69) is 167 Å². The van der Waals surface area contributed by atoms with Gasteiger partial charge in [0.15, 0.2) is 6.10 Å². The third-order valence-electron chi connectivity index (χ3n) is 13.8. The van der Waals surface area contributed by atoms with Crippen LogP contribution in [0.4, 0.5) is 0 Å². The molecule has 0 spiro atoms. The fraction of sp³-hybridized carbons (Fsp3) is 0.640. The lowest BCUT2D eigenvalue weighted by Crippen LogP contribution is -2.30. The number of hydrogen-bond donors (Lipinski definition) is 0. The largest absolute Gasteiger partial charge is 0.462 e. The predicted molar refractivity (Wildman–Crippen MR) is 352 cm³/mol. The molecule has 1 atom stereocenters. The number of hydrogen-bond acceptors (Lipinski definition) is 6. The van der Waals surface area contributed by atoms with E-state index >= 15 is 0 Å². The molecule has 0 fully saturated rings. The van der Waals surface area contributed by atoms with Gasteiger partial charge in [0.25, 0.3) is 0 Å². The van der Waals surface area contributed by atoms with Crippen molar-refractivity contribution < 1.29 is 28.6 Å². The van der Waals surface area contributed by atoms with Crippen molar-refractivity contribution in [1.29, 1.82) is 0 Å². The van der Waals surface area contributed by atoms with Crippen LogP contribution in [0, 0.1) is 0 Å². The molecule has 0 heterocycles. The summed E-state index contributed by atoms with van der Waals surface area (Å²) < 4.78 is 16.9. The zero-order chi connectivity index (χ0) is 58.5. The molecule has 0 radical (unpaired) electrons. The van der Waals surface area contributed by atoms with E-state index in [9.17, 15) is 14.4 Å². The third kappa shape index (κ3) is 66.0. The van der Waals surface area contributed by atoms with Crippen LogP contribution in [0.15, 0.2) is 146 Å². The number of carbonyl (C=O) groups excluding carboxylic acids is 3. The maximum atomic E-state index is 12.9. The van der Waals surface area contributed by atoms with E-state index in [-0.39, 0.29) is 31.1 Å². The molecule has 0 aromatic carbocycles. The van der Waals surface area contributed by atoms with Crippen LogP contribution in [0.25, 0.3) is 0 Å². The van der Waals surface area contributed by atoms with Crippen molar-refractivity contribution in [2.45, 2.75) is 297 Å². The average Bonchev–Trinajstić information content (AvgIpc) is 3.47. The lowest BCUT2D eigenvalue weighted by molar-refractivity contribution is -0.167. The van der Waals surface area contributed by atoms with Gasteiger partial charge in [0.1, 0.15) is 13.2 Å². The van der Waals surface area contributed by atoms with Crippen LogP contribution in [-0.2, 0) is 28.6 Å². The molecule has 0 aliphatic rings. The first-order chi connectivity index (χ1) is 40.0. The Kier molecular flexibility index (Phi) is 63.9. The standard InChI is InChI=1S/C75H122O6/c1-4-7-10-13-16-19-22-24-26-28-29-30-31-32-33-34-35-36-37-38-39-40-41-42-43-44-45-47-48-50-53-56-59-62-65-68-74(77)80-71-72(70-79-73(76)67-64-61-58-55-52-21-18-15-12-9-6-3)81-75(78)69-66-63-60-57-54-51-49-46-27-25-23-20-17-14-11-8-5-2/h7-8,10-11,15-20,24-27,29-30,32-33,35-36,38-39,49,51,72H,4-6,9,12-14,21-23,28,31,34,37,40-48,50,52-71H2,1-3H3/b10-7-,11-8-,18-15-,19-16-,20-17-,26-24-,27-25-,30-29-,33-32-,36-35-,39-38-,51-49-. The van der Waals surface area contributed by atoms with Crippen LogP contribution >= 0.6 is 0 Å². The molecule has 0 aliphatic carbocycles. The summed E-state index contributed by atoms with van der Waals surface area (Å²) in [6.07, 6.45) is 97.3. The van der Waals surface area contributed by atoms with E-state index in [0.717, 1.165) is 154 Å². The van der Waals surface area contributed by atoms with Gasteiger partial charge in [-0.3, -0.25) is 14.4 Å². The number of unbranched alkanes of at least 4 members (excludes halogenated alkanes) is 24. The second-order valence-corrected chi connectivity index (χ2v) is 21.6. The van der Waals surface area contributed by atoms with Gasteiger partial charge in [0, 0.05) is 19.3 Å². The molecule has 6 nitrogen and oxygen atoms in total. The Balaban J connectivity index is 4.20. The molecule has 0 aromatic heterocycles. The van der Waals surface area contributed by atoms with E-state index in [1.807, 2.05) is 0 Å². The van der Waals surface area contributed by atoms with E-state index in [1.54, 1.807) is 0 Å². The molecular formula is C75H122O6. The minimum absolute atomic E-state index is 0.0940. The highest BCUT2D eigenvalue weighted by Crippen LogP contribution is 2.16. The Morgan fingerprint density at radius 1 is 0.259 bits per heavy atom. The van der Waals surface area contributed by atoms with E-state index in [0.29, 0.717) is 19.3 Å². The highest BCUT2D eigenvalue weighted by molar-refractivity contribution is 5.71. The maximum Gasteiger partial charge on any atom is 0.306 e. The molecular weight excluding hydrogens is 997 g/mol. The molecule has 0 saturated heterocycles. The topological polar surface area (TPSA) is 78.9 Å². The van der Waals surface area contributed by atoms with Crippen LogP contribution < -0.4 is 0 Å². The summed E-state index contributed by atoms with van der Waals surface area (Å²) in [7, 11) is 0. The SMILES string of the molecule is CC/C=C\C/C=C\C/C=C\C/C=C\C/C=C\C/C=C\C/C=C\CCCCCCCCCCCCCCCC(=O)OCC(COC(=O)CCCCCCC/C=C\CCCC)OC(=O)CCCCCC/C=C\C/C=C\C/C=C\C/C=C\CC. The van der Waals surface area contributed by atoms with Crippen molar-refractivity contribution in [2.24, 2.45) is 0 Å². The van der Waals surface area contributed by atoms with E-state index in [1.165, 1.54) is 96.3 Å². The van der Waals surface area contributed by atoms with Crippen molar-refractivity contribution in [2.75, 3.05) is 13.2 Å². The Morgan fingerprint density at radius 3 is 0.765 bits per heavy atom. The molecule has 6 heteroatoms. The average molecular weight is 1120 g/mol. The highest BCUT2D eigenvalue weighted by Gasteiger charge is 2.19. The number of rotatable bonds is 59. The molecule has 0 N–H and O–H groups in total. The van der Waals surface area contributed by atoms with Crippen molar-refractivity contribution in [3.63, 3.8) is 0 Å². The lowest BCUT2D eigenvalue weighted by Gasteiger charge is -2.18. The zero-order valence-electron chi connectivity index (χ0n) is 52.5. The van der Waals surface area contributed by atoms with Crippen molar-refractivity contribution >= 4 is 17.9 Å². The van der Waals surface area contributed by atoms with Crippen LogP contribution in [0.2, 0.25) is 0 Å². The van der Waals surface area contributed by atoms with Gasteiger partial charge >= 0.3 is 17.9 Å². The quantitative estimate of drug-likeness (QED) is 0.0261. The van der Waals surface area contributed by atoms with Gasteiger partial charge in [0.05, 0.1) is 0 Å². The van der Waals surface area contributed by atoms with Crippen LogP contribution in [0.3, 0.4) is 0 Å². The second-order valence-electron chi connectivity index (χ2n) is 21.6. The van der Waals surface area contributed by atoms with Crippen LogP contribution in [-0.4, -0.2) is 37.2 Å². The zero-order valence-corrected chi connectivity index (χ0v) is 52.5. The molecule has 0 saturated carbocycles. The van der Waals surface area contributed by atoms with Crippen LogP contribution in [0.1, 0.15) is 290 Å². The first-order valence-corrected chi connectivity index (χ1v) is 33.3. The molecule has 0 rings (SSSR count). The minimum Gasteiger partial charge on any atom is -0.462 e. The Morgan fingerprint density at radius 2 is 0.481 bits per heavy atom. The summed E-state index contributed by atoms with van der Waals surface area (Å²) in [4.78, 5) is 38.2. The Labute approximate surface area is 499 Å². The highest BCUT2D eigenvalue weighted by atomic mass is 16.6. The number of ether oxygens (including phenoxy) is 3. The molecule has 81 heavy (non-hydrogen) atoms. The van der Waals surface area contributed by atoms with Crippen molar-refractivity contribution in [3.8, 4) is 0 Å². The van der Waals surface area contributed by atoms with E-state index in [4.69, 9.17) is 14.2 Å². The first-order valence-electron chi connectivity index (χ1n) is 33.3. The predicted octanol–water partition coefficient (Wildman–Crippen LogP) is 23.1. The number of carbonyl (C=O) groups is 3. The van der Waals surface area contributed by atoms with Gasteiger partial charge in [-0.25, -0.2) is 0 Å². The fourth-order valence-corrected chi connectivity index (χ4v) is 8.87. The molecule has 1 unspecified atom stereocenters. The van der Waals surface area contributed by atoms with Crippen molar-refractivity contribution in [3.05, 3.63) is 146 Å². The summed E-state index contributed by atoms with van der Waals surface area (Å²) in [5, 5.41) is 0. The molecule has 458 valence electrons. The summed E-state index contributed by atoms with van der Waals surface area (Å²) in [6, 6.07) is 0. The first kappa shape index (κ1) is 76.3. The van der Waals surface area contributed by atoms with E-state index < -0.39 is 6.10 Å². The van der Waals surface area contributed by atoms with Crippen LogP contribution in [0.5, 0.6) is 0 Å². The Hall–Kier alpha value is -4.71. The molecule has 0 bridgehead atoms.